The smallest absolute Gasteiger partial charge is 0.117 e. The van der Waals surface area contributed by atoms with Crippen molar-refractivity contribution in [2.45, 2.75) is 44.7 Å². The van der Waals surface area contributed by atoms with Gasteiger partial charge < -0.3 is 9.73 Å². The molecule has 1 unspecified atom stereocenters. The molecule has 0 bridgehead atoms. The van der Waals surface area contributed by atoms with Crippen molar-refractivity contribution in [3.8, 4) is 0 Å². The van der Waals surface area contributed by atoms with Crippen LogP contribution in [0.4, 0.5) is 0 Å². The van der Waals surface area contributed by atoms with E-state index < -0.39 is 0 Å². The second kappa shape index (κ2) is 5.89. The third-order valence-electron chi connectivity index (χ3n) is 4.23. The lowest BCUT2D eigenvalue weighted by atomic mass is 9.96. The highest BCUT2D eigenvalue weighted by molar-refractivity contribution is 4.99. The van der Waals surface area contributed by atoms with E-state index in [4.69, 9.17) is 4.42 Å². The van der Waals surface area contributed by atoms with Crippen LogP contribution in [0.25, 0.3) is 0 Å². The Balaban J connectivity index is 1.47. The van der Waals surface area contributed by atoms with Crippen molar-refractivity contribution in [1.29, 1.82) is 0 Å². The maximum atomic E-state index is 5.48. The summed E-state index contributed by atoms with van der Waals surface area (Å²) in [5, 5.41) is 3.51. The highest BCUT2D eigenvalue weighted by Gasteiger charge is 2.29. The van der Waals surface area contributed by atoms with Crippen LogP contribution in [0.1, 0.15) is 37.9 Å². The van der Waals surface area contributed by atoms with Gasteiger partial charge in [-0.3, -0.25) is 4.90 Å². The fraction of sp³-hybridized carbons (Fsp3) is 0.733. The molecule has 1 saturated heterocycles. The zero-order valence-corrected chi connectivity index (χ0v) is 11.1. The third kappa shape index (κ3) is 3.36. The summed E-state index contributed by atoms with van der Waals surface area (Å²) in [4.78, 5) is 2.62. The molecule has 2 heterocycles. The molecule has 3 nitrogen and oxygen atoms in total. The summed E-state index contributed by atoms with van der Waals surface area (Å²) in [6, 6.07) is 4.91. The lowest BCUT2D eigenvalue weighted by Crippen LogP contribution is -2.33. The number of piperidine rings is 1. The largest absolute Gasteiger partial charge is 0.468 e. The van der Waals surface area contributed by atoms with E-state index in [2.05, 4.69) is 16.3 Å². The monoisotopic (exact) mass is 248 g/mol. The van der Waals surface area contributed by atoms with Crippen molar-refractivity contribution in [3.05, 3.63) is 24.2 Å². The van der Waals surface area contributed by atoms with Gasteiger partial charge in [0.25, 0.3) is 0 Å². The van der Waals surface area contributed by atoms with Crippen LogP contribution < -0.4 is 5.32 Å². The van der Waals surface area contributed by atoms with E-state index in [1.54, 1.807) is 6.26 Å². The molecule has 2 fully saturated rings. The van der Waals surface area contributed by atoms with Crippen LogP contribution in [-0.4, -0.2) is 30.6 Å². The molecule has 1 aliphatic carbocycles. The molecular weight excluding hydrogens is 224 g/mol. The van der Waals surface area contributed by atoms with Gasteiger partial charge in [-0.05, 0) is 69.8 Å². The van der Waals surface area contributed by atoms with Crippen LogP contribution in [0.15, 0.2) is 22.8 Å². The summed E-state index contributed by atoms with van der Waals surface area (Å²) in [7, 11) is 0. The predicted octanol–water partition coefficient (Wildman–Crippen LogP) is 2.63. The molecule has 3 heteroatoms. The summed E-state index contributed by atoms with van der Waals surface area (Å²) in [5.74, 6) is 2.00. The molecule has 3 rings (SSSR count). The van der Waals surface area contributed by atoms with Gasteiger partial charge in [-0.2, -0.15) is 0 Å². The molecule has 1 saturated carbocycles. The molecule has 1 aliphatic heterocycles. The van der Waals surface area contributed by atoms with Gasteiger partial charge in [-0.25, -0.2) is 0 Å². The van der Waals surface area contributed by atoms with E-state index in [1.807, 2.05) is 6.07 Å². The average Bonchev–Trinajstić information content (AvgIpc) is 3.13. The fourth-order valence-corrected chi connectivity index (χ4v) is 2.95. The third-order valence-corrected chi connectivity index (χ3v) is 4.23. The molecule has 18 heavy (non-hydrogen) atoms. The van der Waals surface area contributed by atoms with E-state index in [9.17, 15) is 0 Å². The van der Waals surface area contributed by atoms with Crippen molar-refractivity contribution in [3.63, 3.8) is 0 Å². The first-order chi connectivity index (χ1) is 8.92. The van der Waals surface area contributed by atoms with Crippen LogP contribution in [0.5, 0.6) is 0 Å². The van der Waals surface area contributed by atoms with Crippen LogP contribution in [0.3, 0.4) is 0 Å². The maximum absolute atomic E-state index is 5.48. The SMILES string of the molecule is c1coc(CN(CCC2CCCNC2)C2CC2)c1. The van der Waals surface area contributed by atoms with Gasteiger partial charge in [0.2, 0.25) is 0 Å². The van der Waals surface area contributed by atoms with Gasteiger partial charge >= 0.3 is 0 Å². The van der Waals surface area contributed by atoms with Gasteiger partial charge in [-0.1, -0.05) is 0 Å². The molecule has 1 aromatic rings. The summed E-state index contributed by atoms with van der Waals surface area (Å²) in [6.45, 7) is 4.67. The minimum atomic E-state index is 0.826. The maximum Gasteiger partial charge on any atom is 0.117 e. The molecule has 2 aliphatic rings. The Hall–Kier alpha value is -0.800. The molecule has 100 valence electrons. The first-order valence-corrected chi connectivity index (χ1v) is 7.39. The number of nitrogens with one attached hydrogen (secondary N) is 1. The zero-order chi connectivity index (χ0) is 12.2. The van der Waals surface area contributed by atoms with Crippen LogP contribution >= 0.6 is 0 Å². The Labute approximate surface area is 110 Å². The highest BCUT2D eigenvalue weighted by atomic mass is 16.3. The van der Waals surface area contributed by atoms with Crippen molar-refractivity contribution < 1.29 is 4.42 Å². The minimum absolute atomic E-state index is 0.826. The van der Waals surface area contributed by atoms with Crippen molar-refractivity contribution >= 4 is 0 Å². The lowest BCUT2D eigenvalue weighted by Gasteiger charge is -2.27. The minimum Gasteiger partial charge on any atom is -0.468 e. The van der Waals surface area contributed by atoms with Gasteiger partial charge in [0.05, 0.1) is 12.8 Å². The van der Waals surface area contributed by atoms with Gasteiger partial charge in [0.1, 0.15) is 5.76 Å². The molecule has 1 N–H and O–H groups in total. The summed E-state index contributed by atoms with van der Waals surface area (Å²) < 4.78 is 5.48. The summed E-state index contributed by atoms with van der Waals surface area (Å²) >= 11 is 0. The first kappa shape index (κ1) is 12.2. The van der Waals surface area contributed by atoms with Gasteiger partial charge in [0.15, 0.2) is 0 Å². The quantitative estimate of drug-likeness (QED) is 0.839. The van der Waals surface area contributed by atoms with Crippen LogP contribution in [0.2, 0.25) is 0 Å². The van der Waals surface area contributed by atoms with Gasteiger partial charge in [0, 0.05) is 6.04 Å². The Morgan fingerprint density at radius 2 is 2.28 bits per heavy atom. The molecule has 0 spiro atoms. The second-order valence-electron chi connectivity index (χ2n) is 5.78. The van der Waals surface area contributed by atoms with Crippen molar-refractivity contribution in [2.75, 3.05) is 19.6 Å². The number of rotatable bonds is 6. The van der Waals surface area contributed by atoms with Crippen molar-refractivity contribution in [1.82, 2.24) is 10.2 Å². The number of furan rings is 1. The lowest BCUT2D eigenvalue weighted by molar-refractivity contribution is 0.207. The van der Waals surface area contributed by atoms with Crippen LogP contribution in [-0.2, 0) is 6.54 Å². The Kier molecular flexibility index (Phi) is 4.01. The normalized spacial score (nSPS) is 24.6. The van der Waals surface area contributed by atoms with E-state index in [0.717, 1.165) is 24.3 Å². The Morgan fingerprint density at radius 1 is 1.33 bits per heavy atom. The van der Waals surface area contributed by atoms with Gasteiger partial charge in [-0.15, -0.1) is 0 Å². The molecule has 0 amide bonds. The predicted molar refractivity (Wildman–Crippen MR) is 72.4 cm³/mol. The average molecular weight is 248 g/mol. The zero-order valence-electron chi connectivity index (χ0n) is 11.1. The molecule has 0 aromatic carbocycles. The van der Waals surface area contributed by atoms with E-state index >= 15 is 0 Å². The Morgan fingerprint density at radius 3 is 2.94 bits per heavy atom. The number of hydrogen-bond acceptors (Lipinski definition) is 3. The number of nitrogens with zero attached hydrogens (tertiary/aromatic N) is 1. The standard InChI is InChI=1S/C15H24N2O/c1-3-13(11-16-8-1)7-9-17(14-5-6-14)12-15-4-2-10-18-15/h2,4,10,13-14,16H,1,3,5-9,11-12H2. The summed E-state index contributed by atoms with van der Waals surface area (Å²) in [5.41, 5.74) is 0. The molecular formula is C15H24N2O. The van der Waals surface area contributed by atoms with E-state index in [1.165, 1.54) is 51.7 Å². The van der Waals surface area contributed by atoms with Crippen LogP contribution in [0, 0.1) is 5.92 Å². The Bertz CT molecular complexity index is 339. The number of hydrogen-bond donors (Lipinski definition) is 1. The second-order valence-corrected chi connectivity index (χ2v) is 5.78. The molecule has 0 radical (unpaired) electrons. The van der Waals surface area contributed by atoms with Crippen molar-refractivity contribution in [2.24, 2.45) is 5.92 Å². The fourth-order valence-electron chi connectivity index (χ4n) is 2.95. The first-order valence-electron chi connectivity index (χ1n) is 7.39. The summed E-state index contributed by atoms with van der Waals surface area (Å²) in [6.07, 6.45) is 8.64. The molecule has 1 atom stereocenters. The highest BCUT2D eigenvalue weighted by Crippen LogP contribution is 2.29. The van der Waals surface area contributed by atoms with E-state index in [0.29, 0.717) is 0 Å². The molecule has 1 aromatic heterocycles. The van der Waals surface area contributed by atoms with E-state index in [-0.39, 0.29) is 0 Å². The topological polar surface area (TPSA) is 28.4 Å².